The van der Waals surface area contributed by atoms with Crippen molar-refractivity contribution in [2.45, 2.75) is 0 Å². The van der Waals surface area contributed by atoms with E-state index in [4.69, 9.17) is 5.73 Å². The van der Waals surface area contributed by atoms with Crippen LogP contribution in [0.5, 0.6) is 0 Å². The van der Waals surface area contributed by atoms with Crippen LogP contribution < -0.4 is 5.73 Å². The van der Waals surface area contributed by atoms with E-state index in [-0.39, 0.29) is 0 Å². The third kappa shape index (κ3) is 1.22. The summed E-state index contributed by atoms with van der Waals surface area (Å²) in [5, 5.41) is 2.64. The average molecular weight is 123 g/mol. The van der Waals surface area contributed by atoms with Gasteiger partial charge in [-0.15, -0.1) is 4.91 Å². The fourth-order valence-corrected chi connectivity index (χ4v) is 0.451. The van der Waals surface area contributed by atoms with E-state index >= 15 is 0 Å². The van der Waals surface area contributed by atoms with Crippen LogP contribution in [0.1, 0.15) is 0 Å². The first-order valence-corrected chi connectivity index (χ1v) is 2.38. The Hall–Kier alpha value is -1.45. The molecule has 0 aliphatic heterocycles. The molecule has 0 saturated carbocycles. The number of nitrogens with zero attached hydrogens (tertiary/aromatic N) is 2. The fourth-order valence-electron chi connectivity index (χ4n) is 0.451. The van der Waals surface area contributed by atoms with E-state index in [1.807, 2.05) is 0 Å². The molecule has 46 valence electrons. The van der Waals surface area contributed by atoms with Crippen LogP contribution in [0.2, 0.25) is 0 Å². The summed E-state index contributed by atoms with van der Waals surface area (Å²) in [7, 11) is 0. The molecule has 0 aromatic carbocycles. The van der Waals surface area contributed by atoms with Crippen molar-refractivity contribution in [3.05, 3.63) is 23.2 Å². The molecule has 9 heavy (non-hydrogen) atoms. The smallest absolute Gasteiger partial charge is 0.126 e. The highest BCUT2D eigenvalue weighted by Crippen LogP contribution is 2.08. The van der Waals surface area contributed by atoms with Crippen LogP contribution >= 0.6 is 0 Å². The molecule has 1 rings (SSSR count). The maximum absolute atomic E-state index is 9.79. The number of hydrogen-bond donors (Lipinski definition) is 1. The van der Waals surface area contributed by atoms with Gasteiger partial charge in [-0.1, -0.05) is 0 Å². The van der Waals surface area contributed by atoms with Gasteiger partial charge in [-0.25, -0.2) is 4.98 Å². The molecule has 1 aromatic heterocycles. The van der Waals surface area contributed by atoms with Crippen LogP contribution in [0.15, 0.2) is 23.5 Å². The van der Waals surface area contributed by atoms with Crippen molar-refractivity contribution < 1.29 is 0 Å². The molecule has 0 unspecified atom stereocenters. The Labute approximate surface area is 51.7 Å². The molecule has 0 radical (unpaired) electrons. The second-order valence-corrected chi connectivity index (χ2v) is 1.53. The van der Waals surface area contributed by atoms with Gasteiger partial charge in [0.1, 0.15) is 11.5 Å². The van der Waals surface area contributed by atoms with Gasteiger partial charge in [-0.2, -0.15) is 0 Å². The number of anilines is 1. The van der Waals surface area contributed by atoms with Crippen LogP contribution in [0.25, 0.3) is 0 Å². The van der Waals surface area contributed by atoms with Crippen molar-refractivity contribution in [2.75, 3.05) is 5.73 Å². The minimum atomic E-state index is 0.296. The lowest BCUT2D eigenvalue weighted by Crippen LogP contribution is -1.85. The summed E-state index contributed by atoms with van der Waals surface area (Å²) in [5.41, 5.74) is 5.52. The number of hydrogen-bond acceptors (Lipinski definition) is 4. The van der Waals surface area contributed by atoms with E-state index in [0.717, 1.165) is 0 Å². The Morgan fingerprint density at radius 2 is 2.33 bits per heavy atom. The Morgan fingerprint density at radius 1 is 1.56 bits per heavy atom. The van der Waals surface area contributed by atoms with Crippen LogP contribution in [0.3, 0.4) is 0 Å². The van der Waals surface area contributed by atoms with Crippen LogP contribution in [0.4, 0.5) is 11.5 Å². The average Bonchev–Trinajstić information content (AvgIpc) is 1.90. The SMILES string of the molecule is Nc1ccc(N=O)cn1. The monoisotopic (exact) mass is 123 g/mol. The second kappa shape index (κ2) is 2.21. The van der Waals surface area contributed by atoms with Gasteiger partial charge in [0.05, 0.1) is 6.20 Å². The molecule has 2 N–H and O–H groups in total. The molecule has 0 atom stereocenters. The number of nitroso groups, excluding NO2 is 1. The van der Waals surface area contributed by atoms with Crippen LogP contribution in [-0.4, -0.2) is 4.98 Å². The van der Waals surface area contributed by atoms with Crippen LogP contribution in [-0.2, 0) is 0 Å². The molecule has 0 aliphatic rings. The van der Waals surface area contributed by atoms with Gasteiger partial charge >= 0.3 is 0 Å². The molecule has 1 heterocycles. The first-order valence-electron chi connectivity index (χ1n) is 2.38. The molecule has 0 aliphatic carbocycles. The lowest BCUT2D eigenvalue weighted by atomic mass is 10.4. The van der Waals surface area contributed by atoms with Crippen molar-refractivity contribution in [3.63, 3.8) is 0 Å². The van der Waals surface area contributed by atoms with E-state index in [0.29, 0.717) is 11.5 Å². The molecule has 0 fully saturated rings. The van der Waals surface area contributed by atoms with Gasteiger partial charge in [-0.05, 0) is 17.3 Å². The van der Waals surface area contributed by atoms with Crippen LogP contribution in [0, 0.1) is 4.91 Å². The third-order valence-corrected chi connectivity index (χ3v) is 0.876. The van der Waals surface area contributed by atoms with E-state index < -0.39 is 0 Å². The first kappa shape index (κ1) is 5.68. The number of aromatic nitrogens is 1. The Morgan fingerprint density at radius 3 is 2.78 bits per heavy atom. The normalized spacial score (nSPS) is 8.89. The molecule has 4 nitrogen and oxygen atoms in total. The number of rotatable bonds is 1. The van der Waals surface area contributed by atoms with Crippen molar-refractivity contribution >= 4 is 11.5 Å². The zero-order chi connectivity index (χ0) is 6.69. The maximum atomic E-state index is 9.79. The van der Waals surface area contributed by atoms with Gasteiger partial charge < -0.3 is 5.73 Å². The third-order valence-electron chi connectivity index (χ3n) is 0.876. The summed E-state index contributed by atoms with van der Waals surface area (Å²) in [6.45, 7) is 0. The molecular formula is C5H5N3O. The Kier molecular flexibility index (Phi) is 1.40. The van der Waals surface area contributed by atoms with E-state index in [9.17, 15) is 4.91 Å². The largest absolute Gasteiger partial charge is 0.384 e. The van der Waals surface area contributed by atoms with Crippen molar-refractivity contribution in [1.29, 1.82) is 0 Å². The minimum Gasteiger partial charge on any atom is -0.384 e. The van der Waals surface area contributed by atoms with Gasteiger partial charge in [0.2, 0.25) is 0 Å². The number of nitrogen functional groups attached to an aromatic ring is 1. The second-order valence-electron chi connectivity index (χ2n) is 1.53. The zero-order valence-electron chi connectivity index (χ0n) is 4.61. The van der Waals surface area contributed by atoms with Gasteiger partial charge in [-0.3, -0.25) is 0 Å². The van der Waals surface area contributed by atoms with E-state index in [1.165, 1.54) is 18.3 Å². The summed E-state index contributed by atoms with van der Waals surface area (Å²) in [4.78, 5) is 13.4. The molecule has 0 amide bonds. The van der Waals surface area contributed by atoms with Crippen molar-refractivity contribution in [3.8, 4) is 0 Å². The highest BCUT2D eigenvalue weighted by Gasteiger charge is 1.88. The Bertz CT molecular complexity index is 206. The number of pyridine rings is 1. The molecule has 0 spiro atoms. The zero-order valence-corrected chi connectivity index (χ0v) is 4.61. The van der Waals surface area contributed by atoms with Gasteiger partial charge in [0.25, 0.3) is 0 Å². The summed E-state index contributed by atoms with van der Waals surface area (Å²) < 4.78 is 0. The topological polar surface area (TPSA) is 68.3 Å². The molecule has 4 heteroatoms. The van der Waals surface area contributed by atoms with Gasteiger partial charge in [0.15, 0.2) is 0 Å². The predicted molar refractivity (Wildman–Crippen MR) is 34.1 cm³/mol. The number of nitrogens with two attached hydrogens (primary N) is 1. The molecule has 0 bridgehead atoms. The lowest BCUT2D eigenvalue weighted by molar-refractivity contribution is 1.31. The summed E-state index contributed by atoms with van der Waals surface area (Å²) >= 11 is 0. The summed E-state index contributed by atoms with van der Waals surface area (Å²) in [6.07, 6.45) is 1.32. The quantitative estimate of drug-likeness (QED) is 0.567. The summed E-state index contributed by atoms with van der Waals surface area (Å²) in [6, 6.07) is 3.03. The minimum absolute atomic E-state index is 0.296. The fraction of sp³-hybridized carbons (Fsp3) is 0. The maximum Gasteiger partial charge on any atom is 0.126 e. The predicted octanol–water partition coefficient (Wildman–Crippen LogP) is 1.06. The van der Waals surface area contributed by atoms with E-state index in [1.54, 1.807) is 0 Å². The highest BCUT2D eigenvalue weighted by atomic mass is 16.3. The van der Waals surface area contributed by atoms with Crippen molar-refractivity contribution in [2.24, 2.45) is 5.18 Å². The standard InChI is InChI=1S/C5H5N3O/c6-5-2-1-4(8-9)3-7-5/h1-3H,(H2,6,7). The summed E-state index contributed by atoms with van der Waals surface area (Å²) in [5.74, 6) is 0.391. The molecule has 0 saturated heterocycles. The highest BCUT2D eigenvalue weighted by molar-refractivity contribution is 5.39. The first-order chi connectivity index (χ1) is 4.33. The molecular weight excluding hydrogens is 118 g/mol. The lowest BCUT2D eigenvalue weighted by Gasteiger charge is -1.87. The van der Waals surface area contributed by atoms with Crippen molar-refractivity contribution in [1.82, 2.24) is 4.98 Å². The van der Waals surface area contributed by atoms with E-state index in [2.05, 4.69) is 10.2 Å². The molecule has 1 aromatic rings. The van der Waals surface area contributed by atoms with Gasteiger partial charge in [0, 0.05) is 0 Å². The Balaban J connectivity index is 3.01.